The number of carbonyl (C=O) groups is 1. The minimum absolute atomic E-state index is 0.192. The van der Waals surface area contributed by atoms with Gasteiger partial charge in [-0.15, -0.1) is 0 Å². The van der Waals surface area contributed by atoms with E-state index in [2.05, 4.69) is 5.32 Å². The first kappa shape index (κ1) is 13.7. The van der Waals surface area contributed by atoms with Crippen molar-refractivity contribution in [3.8, 4) is 0 Å². The lowest BCUT2D eigenvalue weighted by Crippen LogP contribution is -2.35. The third kappa shape index (κ3) is 8.34. The molecule has 0 amide bonds. The molecular weight excluding hydrogens is 202 g/mol. The van der Waals surface area contributed by atoms with Crippen LogP contribution in [-0.4, -0.2) is 46.9 Å². The van der Waals surface area contributed by atoms with Crippen molar-refractivity contribution in [1.29, 1.82) is 0 Å². The van der Waals surface area contributed by atoms with Crippen LogP contribution in [0.25, 0.3) is 0 Å². The molecule has 0 radical (unpaired) electrons. The van der Waals surface area contributed by atoms with E-state index in [4.69, 9.17) is 5.11 Å². The first-order valence-corrected chi connectivity index (χ1v) is 6.07. The maximum Gasteiger partial charge on any atom is 0.306 e. The van der Waals surface area contributed by atoms with Crippen molar-refractivity contribution < 1.29 is 15.0 Å². The van der Waals surface area contributed by atoms with Crippen molar-refractivity contribution in [3.63, 3.8) is 0 Å². The molecule has 5 heteroatoms. The van der Waals surface area contributed by atoms with Gasteiger partial charge in [0.2, 0.25) is 0 Å². The molecule has 0 rings (SSSR count). The van der Waals surface area contributed by atoms with E-state index in [0.29, 0.717) is 12.6 Å². The van der Waals surface area contributed by atoms with Gasteiger partial charge in [-0.1, -0.05) is 0 Å². The zero-order valence-corrected chi connectivity index (χ0v) is 9.51. The maximum absolute atomic E-state index is 10.2. The Hall–Kier alpha value is -0.260. The van der Waals surface area contributed by atoms with Crippen molar-refractivity contribution in [2.45, 2.75) is 31.9 Å². The Morgan fingerprint density at radius 3 is 2.71 bits per heavy atom. The lowest BCUT2D eigenvalue weighted by molar-refractivity contribution is -0.139. The van der Waals surface area contributed by atoms with E-state index in [0.717, 1.165) is 12.2 Å². The molecule has 2 atom stereocenters. The van der Waals surface area contributed by atoms with Gasteiger partial charge in [-0.25, -0.2) is 0 Å². The van der Waals surface area contributed by atoms with Crippen LogP contribution in [0.5, 0.6) is 0 Å². The van der Waals surface area contributed by atoms with Gasteiger partial charge in [-0.2, -0.15) is 11.8 Å². The summed E-state index contributed by atoms with van der Waals surface area (Å²) in [6.07, 6.45) is 2.10. The van der Waals surface area contributed by atoms with Crippen molar-refractivity contribution in [2.24, 2.45) is 0 Å². The number of aliphatic hydroxyl groups excluding tert-OH is 1. The molecule has 0 aliphatic heterocycles. The largest absolute Gasteiger partial charge is 0.481 e. The van der Waals surface area contributed by atoms with Crippen LogP contribution >= 0.6 is 11.8 Å². The third-order valence-electron chi connectivity index (χ3n) is 1.87. The maximum atomic E-state index is 10.2. The molecule has 0 fully saturated rings. The molecule has 3 N–H and O–H groups in total. The highest BCUT2D eigenvalue weighted by Gasteiger charge is 2.10. The normalized spacial score (nSPS) is 15.1. The number of thioether (sulfide) groups is 1. The lowest BCUT2D eigenvalue weighted by atomic mass is 10.2. The van der Waals surface area contributed by atoms with Crippen molar-refractivity contribution in [2.75, 3.05) is 18.6 Å². The Labute approximate surface area is 89.1 Å². The average molecular weight is 221 g/mol. The van der Waals surface area contributed by atoms with Crippen LogP contribution in [0.1, 0.15) is 19.8 Å². The predicted octanol–water partition coefficient (Wildman–Crippen LogP) is 0.553. The minimum atomic E-state index is -0.962. The Morgan fingerprint density at radius 1 is 1.57 bits per heavy atom. The molecule has 0 aromatic carbocycles. The van der Waals surface area contributed by atoms with Gasteiger partial charge in [0.1, 0.15) is 0 Å². The summed E-state index contributed by atoms with van der Waals surface area (Å²) in [6.45, 7) is 2.38. The second-order valence-electron chi connectivity index (χ2n) is 3.34. The summed E-state index contributed by atoms with van der Waals surface area (Å²) < 4.78 is 0. The first-order chi connectivity index (χ1) is 6.56. The molecule has 4 nitrogen and oxygen atoms in total. The summed E-state index contributed by atoms with van der Waals surface area (Å²) in [4.78, 5) is 10.2. The fraction of sp³-hybridized carbons (Fsp3) is 0.889. The second-order valence-corrected chi connectivity index (χ2v) is 4.33. The molecular formula is C9H19NO3S. The summed E-state index contributed by atoms with van der Waals surface area (Å²) >= 11 is 1.78. The Morgan fingerprint density at radius 2 is 2.21 bits per heavy atom. The number of carboxylic acid groups (broad SMARTS) is 1. The van der Waals surface area contributed by atoms with Gasteiger partial charge in [0.05, 0.1) is 12.5 Å². The highest BCUT2D eigenvalue weighted by molar-refractivity contribution is 7.98. The van der Waals surface area contributed by atoms with Crippen LogP contribution < -0.4 is 5.32 Å². The van der Waals surface area contributed by atoms with Gasteiger partial charge in [0.15, 0.2) is 0 Å². The highest BCUT2D eigenvalue weighted by atomic mass is 32.2. The fourth-order valence-corrected chi connectivity index (χ4v) is 1.60. The van der Waals surface area contributed by atoms with E-state index >= 15 is 0 Å². The second kappa shape index (κ2) is 8.08. The number of hydrogen-bond donors (Lipinski definition) is 3. The van der Waals surface area contributed by atoms with Crippen LogP contribution in [0, 0.1) is 0 Å². The van der Waals surface area contributed by atoms with Crippen LogP contribution in [0.2, 0.25) is 0 Å². The number of aliphatic hydroxyl groups is 1. The molecule has 2 unspecified atom stereocenters. The Bertz CT molecular complexity index is 166. The van der Waals surface area contributed by atoms with Gasteiger partial charge < -0.3 is 15.5 Å². The number of carboxylic acids is 1. The fourth-order valence-electron chi connectivity index (χ4n) is 1.01. The molecule has 0 heterocycles. The Kier molecular flexibility index (Phi) is 7.93. The SMILES string of the molecule is CSCCC(C)NCC(O)CC(=O)O. The number of nitrogens with one attached hydrogen (secondary N) is 1. The number of hydrogen-bond acceptors (Lipinski definition) is 4. The van der Waals surface area contributed by atoms with E-state index in [1.54, 1.807) is 11.8 Å². The molecule has 0 bridgehead atoms. The topological polar surface area (TPSA) is 69.6 Å². The molecule has 0 aromatic rings. The van der Waals surface area contributed by atoms with Crippen LogP contribution in [0.3, 0.4) is 0 Å². The zero-order valence-electron chi connectivity index (χ0n) is 8.69. The van der Waals surface area contributed by atoms with Gasteiger partial charge >= 0.3 is 5.97 Å². The molecule has 0 saturated heterocycles. The number of aliphatic carboxylic acids is 1. The Balaban J connectivity index is 3.45. The molecule has 0 aromatic heterocycles. The van der Waals surface area contributed by atoms with E-state index in [9.17, 15) is 9.90 Å². The molecule has 0 aliphatic rings. The summed E-state index contributed by atoms with van der Waals surface area (Å²) in [5.41, 5.74) is 0. The van der Waals surface area contributed by atoms with Crippen molar-refractivity contribution in [3.05, 3.63) is 0 Å². The number of rotatable bonds is 8. The smallest absolute Gasteiger partial charge is 0.306 e. The van der Waals surface area contributed by atoms with Gasteiger partial charge in [-0.3, -0.25) is 4.79 Å². The molecule has 14 heavy (non-hydrogen) atoms. The summed E-state index contributed by atoms with van der Waals surface area (Å²) in [5.74, 6) is 0.111. The quantitative estimate of drug-likeness (QED) is 0.558. The predicted molar refractivity (Wildman–Crippen MR) is 58.7 cm³/mol. The van der Waals surface area contributed by atoms with E-state index in [-0.39, 0.29) is 6.42 Å². The van der Waals surface area contributed by atoms with Crippen LogP contribution in [0.15, 0.2) is 0 Å². The minimum Gasteiger partial charge on any atom is -0.481 e. The van der Waals surface area contributed by atoms with E-state index in [1.165, 1.54) is 0 Å². The summed E-state index contributed by atoms with van der Waals surface area (Å²) in [6, 6.07) is 0.325. The van der Waals surface area contributed by atoms with Crippen LogP contribution in [-0.2, 0) is 4.79 Å². The van der Waals surface area contributed by atoms with Crippen molar-refractivity contribution in [1.82, 2.24) is 5.32 Å². The van der Waals surface area contributed by atoms with E-state index < -0.39 is 12.1 Å². The molecule has 0 saturated carbocycles. The summed E-state index contributed by atoms with van der Waals surface area (Å²) in [7, 11) is 0. The van der Waals surface area contributed by atoms with Crippen LogP contribution in [0.4, 0.5) is 0 Å². The average Bonchev–Trinajstić information content (AvgIpc) is 2.10. The summed E-state index contributed by atoms with van der Waals surface area (Å²) in [5, 5.41) is 20.7. The first-order valence-electron chi connectivity index (χ1n) is 4.68. The highest BCUT2D eigenvalue weighted by Crippen LogP contribution is 2.00. The standard InChI is InChI=1S/C9H19NO3S/c1-7(3-4-14-2)10-6-8(11)5-9(12)13/h7-8,10-11H,3-6H2,1-2H3,(H,12,13). The molecule has 84 valence electrons. The molecule has 0 aliphatic carbocycles. The van der Waals surface area contributed by atoms with Gasteiger partial charge in [-0.05, 0) is 25.4 Å². The van der Waals surface area contributed by atoms with Gasteiger partial charge in [0.25, 0.3) is 0 Å². The third-order valence-corrected chi connectivity index (χ3v) is 2.51. The monoisotopic (exact) mass is 221 g/mol. The zero-order chi connectivity index (χ0) is 11.0. The molecule has 0 spiro atoms. The van der Waals surface area contributed by atoms with Crippen molar-refractivity contribution >= 4 is 17.7 Å². The van der Waals surface area contributed by atoms with E-state index in [1.807, 2.05) is 13.2 Å². The van der Waals surface area contributed by atoms with Gasteiger partial charge in [0, 0.05) is 12.6 Å². The lowest BCUT2D eigenvalue weighted by Gasteiger charge is -2.15.